The maximum absolute atomic E-state index is 5.34. The Labute approximate surface area is 119 Å². The van der Waals surface area contributed by atoms with Gasteiger partial charge >= 0.3 is 0 Å². The molecule has 0 aliphatic carbocycles. The molecule has 1 N–H and O–H groups in total. The zero-order chi connectivity index (χ0) is 14.2. The van der Waals surface area contributed by atoms with Crippen LogP contribution >= 0.6 is 12.2 Å². The molecular formula is C14H20N4S. The summed E-state index contributed by atoms with van der Waals surface area (Å²) in [6.45, 7) is 6.37. The van der Waals surface area contributed by atoms with E-state index in [4.69, 9.17) is 12.2 Å². The van der Waals surface area contributed by atoms with Crippen molar-refractivity contribution >= 4 is 17.9 Å². The van der Waals surface area contributed by atoms with Gasteiger partial charge in [-0.1, -0.05) is 12.1 Å². The molecule has 5 heteroatoms. The Balaban J connectivity index is 2.60. The van der Waals surface area contributed by atoms with Crippen LogP contribution in [0.1, 0.15) is 20.8 Å². The third kappa shape index (κ3) is 2.71. The van der Waals surface area contributed by atoms with Crippen LogP contribution in [0.3, 0.4) is 0 Å². The molecule has 0 bridgehead atoms. The molecule has 1 heterocycles. The summed E-state index contributed by atoms with van der Waals surface area (Å²) >= 11 is 5.34. The minimum atomic E-state index is -0.104. The molecule has 0 aliphatic rings. The predicted molar refractivity (Wildman–Crippen MR) is 82.2 cm³/mol. The van der Waals surface area contributed by atoms with Crippen molar-refractivity contribution in [2.24, 2.45) is 0 Å². The van der Waals surface area contributed by atoms with Crippen molar-refractivity contribution in [1.29, 1.82) is 0 Å². The van der Waals surface area contributed by atoms with Crippen molar-refractivity contribution in [3.8, 4) is 11.4 Å². The van der Waals surface area contributed by atoms with Crippen LogP contribution < -0.4 is 4.90 Å². The molecule has 0 radical (unpaired) electrons. The number of benzene rings is 1. The van der Waals surface area contributed by atoms with E-state index in [1.165, 1.54) is 0 Å². The zero-order valence-electron chi connectivity index (χ0n) is 12.1. The fourth-order valence-corrected chi connectivity index (χ4v) is 2.44. The number of aromatic nitrogens is 3. The summed E-state index contributed by atoms with van der Waals surface area (Å²) < 4.78 is 2.70. The molecule has 4 nitrogen and oxygen atoms in total. The topological polar surface area (TPSA) is 36.9 Å². The number of nitrogens with zero attached hydrogens (tertiary/aromatic N) is 3. The fourth-order valence-electron chi connectivity index (χ4n) is 2.04. The van der Waals surface area contributed by atoms with E-state index < -0.39 is 0 Å². The molecule has 1 aromatic carbocycles. The van der Waals surface area contributed by atoms with Gasteiger partial charge in [0.1, 0.15) is 0 Å². The van der Waals surface area contributed by atoms with Gasteiger partial charge in [-0.25, -0.2) is 0 Å². The lowest BCUT2D eigenvalue weighted by molar-refractivity contribution is 0.395. The maximum Gasteiger partial charge on any atom is 0.195 e. The lowest BCUT2D eigenvalue weighted by Gasteiger charge is -2.23. The van der Waals surface area contributed by atoms with Gasteiger partial charge in [-0.05, 0) is 45.1 Å². The van der Waals surface area contributed by atoms with Crippen molar-refractivity contribution in [1.82, 2.24) is 14.8 Å². The van der Waals surface area contributed by atoms with Crippen LogP contribution in [0.2, 0.25) is 0 Å². The Morgan fingerprint density at radius 2 is 1.95 bits per heavy atom. The molecule has 0 saturated carbocycles. The summed E-state index contributed by atoms with van der Waals surface area (Å²) in [6, 6.07) is 8.29. The van der Waals surface area contributed by atoms with Gasteiger partial charge in [-0.2, -0.15) is 5.10 Å². The highest BCUT2D eigenvalue weighted by Crippen LogP contribution is 2.26. The first-order valence-electron chi connectivity index (χ1n) is 6.26. The molecular weight excluding hydrogens is 256 g/mol. The highest BCUT2D eigenvalue weighted by Gasteiger charge is 2.20. The first-order valence-corrected chi connectivity index (χ1v) is 6.67. The predicted octanol–water partition coefficient (Wildman–Crippen LogP) is 3.43. The Kier molecular flexibility index (Phi) is 3.49. The summed E-state index contributed by atoms with van der Waals surface area (Å²) in [5.74, 6) is 0.876. The summed E-state index contributed by atoms with van der Waals surface area (Å²) in [5, 5.41) is 7.27. The third-order valence-electron chi connectivity index (χ3n) is 2.96. The molecule has 102 valence electrons. The first kappa shape index (κ1) is 13.8. The minimum Gasteiger partial charge on any atom is -0.378 e. The summed E-state index contributed by atoms with van der Waals surface area (Å²) in [6.07, 6.45) is 0. The molecule has 0 fully saturated rings. The van der Waals surface area contributed by atoms with Crippen LogP contribution in [0.5, 0.6) is 0 Å². The van der Waals surface area contributed by atoms with E-state index in [0.29, 0.717) is 4.77 Å². The largest absolute Gasteiger partial charge is 0.378 e. The molecule has 0 aliphatic heterocycles. The quantitative estimate of drug-likeness (QED) is 0.854. The standard InChI is InChI=1S/C14H20N4S/c1-14(2,3)18-12(15-16-13(18)19)10-7-6-8-11(9-10)17(4)5/h6-9H,1-5H3,(H,16,19). The molecule has 0 spiro atoms. The average Bonchev–Trinajstić information content (AvgIpc) is 2.71. The highest BCUT2D eigenvalue weighted by molar-refractivity contribution is 7.71. The number of rotatable bonds is 2. The summed E-state index contributed by atoms with van der Waals surface area (Å²) in [4.78, 5) is 2.08. The number of H-pyrrole nitrogens is 1. The van der Waals surface area contributed by atoms with Crippen LogP contribution in [0, 0.1) is 4.77 Å². The van der Waals surface area contributed by atoms with Crippen molar-refractivity contribution < 1.29 is 0 Å². The van der Waals surface area contributed by atoms with Gasteiger partial charge in [0.05, 0.1) is 0 Å². The number of hydrogen-bond donors (Lipinski definition) is 1. The normalized spacial score (nSPS) is 11.6. The van der Waals surface area contributed by atoms with Gasteiger partial charge < -0.3 is 4.90 Å². The summed E-state index contributed by atoms with van der Waals surface area (Å²) in [7, 11) is 4.06. The first-order chi connectivity index (χ1) is 8.80. The van der Waals surface area contributed by atoms with E-state index >= 15 is 0 Å². The lowest BCUT2D eigenvalue weighted by atomic mass is 10.1. The monoisotopic (exact) mass is 276 g/mol. The number of aromatic amines is 1. The van der Waals surface area contributed by atoms with Gasteiger partial charge in [0.15, 0.2) is 10.6 Å². The van der Waals surface area contributed by atoms with E-state index in [0.717, 1.165) is 17.1 Å². The van der Waals surface area contributed by atoms with E-state index in [1.54, 1.807) is 0 Å². The van der Waals surface area contributed by atoms with Gasteiger partial charge in [0.25, 0.3) is 0 Å². The van der Waals surface area contributed by atoms with Crippen LogP contribution in [-0.2, 0) is 5.54 Å². The highest BCUT2D eigenvalue weighted by atomic mass is 32.1. The number of hydrogen-bond acceptors (Lipinski definition) is 3. The van der Waals surface area contributed by atoms with E-state index in [-0.39, 0.29) is 5.54 Å². The Bertz CT molecular complexity index is 631. The average molecular weight is 276 g/mol. The molecule has 2 rings (SSSR count). The molecule has 2 aromatic rings. The molecule has 0 unspecified atom stereocenters. The molecule has 0 atom stereocenters. The summed E-state index contributed by atoms with van der Waals surface area (Å²) in [5.41, 5.74) is 2.11. The van der Waals surface area contributed by atoms with Crippen molar-refractivity contribution in [3.05, 3.63) is 29.0 Å². The van der Waals surface area contributed by atoms with Crippen LogP contribution in [-0.4, -0.2) is 28.9 Å². The molecule has 1 aromatic heterocycles. The minimum absolute atomic E-state index is 0.104. The molecule has 19 heavy (non-hydrogen) atoms. The van der Waals surface area contributed by atoms with Crippen LogP contribution in [0.25, 0.3) is 11.4 Å². The van der Waals surface area contributed by atoms with Crippen LogP contribution in [0.4, 0.5) is 5.69 Å². The molecule has 0 saturated heterocycles. The van der Waals surface area contributed by atoms with Crippen LogP contribution in [0.15, 0.2) is 24.3 Å². The Morgan fingerprint density at radius 1 is 1.26 bits per heavy atom. The Morgan fingerprint density at radius 3 is 2.53 bits per heavy atom. The second kappa shape index (κ2) is 4.81. The van der Waals surface area contributed by atoms with E-state index in [9.17, 15) is 0 Å². The second-order valence-corrected chi connectivity index (χ2v) is 6.19. The van der Waals surface area contributed by atoms with E-state index in [2.05, 4.69) is 58.6 Å². The number of nitrogens with one attached hydrogen (secondary N) is 1. The van der Waals surface area contributed by atoms with Gasteiger partial charge in [-0.15, -0.1) is 0 Å². The lowest BCUT2D eigenvalue weighted by Crippen LogP contribution is -2.23. The second-order valence-electron chi connectivity index (χ2n) is 5.80. The SMILES string of the molecule is CN(C)c1cccc(-c2n[nH]c(=S)n2C(C)(C)C)c1. The third-order valence-corrected chi connectivity index (χ3v) is 3.24. The zero-order valence-corrected chi connectivity index (χ0v) is 12.9. The van der Waals surface area contributed by atoms with Crippen molar-refractivity contribution in [2.45, 2.75) is 26.3 Å². The smallest absolute Gasteiger partial charge is 0.195 e. The van der Waals surface area contributed by atoms with Crippen molar-refractivity contribution in [2.75, 3.05) is 19.0 Å². The number of anilines is 1. The Hall–Kier alpha value is -1.62. The van der Waals surface area contributed by atoms with Gasteiger partial charge in [0.2, 0.25) is 0 Å². The fraction of sp³-hybridized carbons (Fsp3) is 0.429. The molecule has 0 amide bonds. The van der Waals surface area contributed by atoms with Gasteiger partial charge in [0, 0.05) is 30.9 Å². The maximum atomic E-state index is 5.34. The van der Waals surface area contributed by atoms with Gasteiger partial charge in [-0.3, -0.25) is 9.67 Å². The van der Waals surface area contributed by atoms with Crippen molar-refractivity contribution in [3.63, 3.8) is 0 Å². The van der Waals surface area contributed by atoms with E-state index in [1.807, 2.05) is 20.2 Å².